The van der Waals surface area contributed by atoms with Gasteiger partial charge in [0.25, 0.3) is 0 Å². The van der Waals surface area contributed by atoms with E-state index in [0.29, 0.717) is 24.8 Å². The Morgan fingerprint density at radius 3 is 2.59 bits per heavy atom. The fourth-order valence-corrected chi connectivity index (χ4v) is 3.00. The fraction of sp³-hybridized carbons (Fsp3) is 0.579. The second-order valence-electron chi connectivity index (χ2n) is 6.50. The zero-order valence-corrected chi connectivity index (χ0v) is 19.2. The van der Waals surface area contributed by atoms with Gasteiger partial charge in [-0.25, -0.2) is 4.99 Å². The molecule has 2 rings (SSSR count). The van der Waals surface area contributed by atoms with Gasteiger partial charge < -0.3 is 20.2 Å². The maximum absolute atomic E-state index is 10.6. The molecule has 27 heavy (non-hydrogen) atoms. The summed E-state index contributed by atoms with van der Waals surface area (Å²) in [7, 11) is 1.98. The van der Waals surface area contributed by atoms with Gasteiger partial charge in [-0.2, -0.15) is 5.10 Å². The second kappa shape index (κ2) is 10.7. The Balaban J connectivity index is 0.00000364. The fourth-order valence-electron chi connectivity index (χ4n) is 3.00. The van der Waals surface area contributed by atoms with Gasteiger partial charge in [-0.1, -0.05) is 13.8 Å². The van der Waals surface area contributed by atoms with Crippen LogP contribution in [0.2, 0.25) is 0 Å². The van der Waals surface area contributed by atoms with E-state index >= 15 is 0 Å². The molecule has 2 heterocycles. The molecular formula is C19H32IN5O2. The third-order valence-electron chi connectivity index (χ3n) is 4.42. The Morgan fingerprint density at radius 2 is 2.04 bits per heavy atom. The SMILES string of the molecule is CCNC(=NCc1c(CC)nn(C)c1CC)NCC(C)(O)c1ccco1.I. The molecule has 2 aromatic rings. The number of aliphatic hydroxyl groups is 1. The summed E-state index contributed by atoms with van der Waals surface area (Å²) in [5.41, 5.74) is 2.38. The van der Waals surface area contributed by atoms with E-state index in [2.05, 4.69) is 29.6 Å². The van der Waals surface area contributed by atoms with Crippen molar-refractivity contribution in [2.24, 2.45) is 12.0 Å². The highest BCUT2D eigenvalue weighted by Crippen LogP contribution is 2.20. The van der Waals surface area contributed by atoms with Crippen molar-refractivity contribution in [3.05, 3.63) is 41.1 Å². The van der Waals surface area contributed by atoms with E-state index in [9.17, 15) is 5.11 Å². The summed E-state index contributed by atoms with van der Waals surface area (Å²) >= 11 is 0. The second-order valence-corrected chi connectivity index (χ2v) is 6.50. The van der Waals surface area contributed by atoms with Gasteiger partial charge in [0.2, 0.25) is 0 Å². The molecule has 0 saturated heterocycles. The van der Waals surface area contributed by atoms with Gasteiger partial charge in [-0.3, -0.25) is 4.68 Å². The molecule has 0 amide bonds. The number of hydrogen-bond acceptors (Lipinski definition) is 4. The van der Waals surface area contributed by atoms with Crippen molar-refractivity contribution in [3.8, 4) is 0 Å². The summed E-state index contributed by atoms with van der Waals surface area (Å²) in [6, 6.07) is 3.53. The number of halogens is 1. The summed E-state index contributed by atoms with van der Waals surface area (Å²) in [6.07, 6.45) is 3.37. The number of aromatic nitrogens is 2. The van der Waals surface area contributed by atoms with E-state index < -0.39 is 5.60 Å². The number of hydrogen-bond donors (Lipinski definition) is 3. The van der Waals surface area contributed by atoms with E-state index in [4.69, 9.17) is 9.41 Å². The van der Waals surface area contributed by atoms with Crippen molar-refractivity contribution in [1.82, 2.24) is 20.4 Å². The van der Waals surface area contributed by atoms with E-state index in [1.54, 1.807) is 25.3 Å². The molecule has 0 aliphatic heterocycles. The first kappa shape index (κ1) is 23.5. The molecule has 0 radical (unpaired) electrons. The molecule has 0 aromatic carbocycles. The molecule has 0 fully saturated rings. The van der Waals surface area contributed by atoms with Crippen LogP contribution in [0.3, 0.4) is 0 Å². The number of aryl methyl sites for hydroxylation is 2. The first-order chi connectivity index (χ1) is 12.4. The number of aliphatic imine (C=N–C) groups is 1. The maximum atomic E-state index is 10.6. The first-order valence-corrected chi connectivity index (χ1v) is 9.25. The number of rotatable bonds is 8. The van der Waals surface area contributed by atoms with Gasteiger partial charge in [-0.05, 0) is 38.8 Å². The molecule has 1 unspecified atom stereocenters. The Kier molecular flexibility index (Phi) is 9.31. The van der Waals surface area contributed by atoms with Crippen LogP contribution in [-0.4, -0.2) is 33.9 Å². The molecule has 1 atom stereocenters. The van der Waals surface area contributed by atoms with Gasteiger partial charge in [0.15, 0.2) is 5.96 Å². The Hall–Kier alpha value is -1.55. The normalized spacial score (nSPS) is 13.8. The third-order valence-corrected chi connectivity index (χ3v) is 4.42. The quantitative estimate of drug-likeness (QED) is 0.302. The molecule has 0 aliphatic carbocycles. The summed E-state index contributed by atoms with van der Waals surface area (Å²) in [5, 5.41) is 21.6. The average Bonchev–Trinajstić information content (AvgIpc) is 3.25. The van der Waals surface area contributed by atoms with Crippen molar-refractivity contribution in [3.63, 3.8) is 0 Å². The molecule has 152 valence electrons. The van der Waals surface area contributed by atoms with E-state index in [1.807, 2.05) is 18.7 Å². The van der Waals surface area contributed by atoms with Gasteiger partial charge in [0.1, 0.15) is 11.4 Å². The summed E-state index contributed by atoms with van der Waals surface area (Å²) < 4.78 is 7.27. The number of furan rings is 1. The van der Waals surface area contributed by atoms with Gasteiger partial charge >= 0.3 is 0 Å². The number of nitrogens with zero attached hydrogens (tertiary/aromatic N) is 3. The lowest BCUT2D eigenvalue weighted by molar-refractivity contribution is 0.0386. The van der Waals surface area contributed by atoms with Crippen LogP contribution in [-0.2, 0) is 32.0 Å². The smallest absolute Gasteiger partial charge is 0.191 e. The highest BCUT2D eigenvalue weighted by Gasteiger charge is 2.26. The van der Waals surface area contributed by atoms with Crippen molar-refractivity contribution in [2.75, 3.05) is 13.1 Å². The van der Waals surface area contributed by atoms with E-state index in [0.717, 1.165) is 25.1 Å². The predicted molar refractivity (Wildman–Crippen MR) is 118 cm³/mol. The summed E-state index contributed by atoms with van der Waals surface area (Å²) in [4.78, 5) is 4.70. The van der Waals surface area contributed by atoms with Gasteiger partial charge in [0, 0.05) is 24.8 Å². The molecule has 7 nitrogen and oxygen atoms in total. The Labute approximate surface area is 178 Å². The lowest BCUT2D eigenvalue weighted by Crippen LogP contribution is -2.44. The van der Waals surface area contributed by atoms with Crippen LogP contribution in [0.5, 0.6) is 0 Å². The molecule has 3 N–H and O–H groups in total. The third kappa shape index (κ3) is 5.97. The highest BCUT2D eigenvalue weighted by molar-refractivity contribution is 14.0. The molecule has 0 aliphatic rings. The summed E-state index contributed by atoms with van der Waals surface area (Å²) in [5.74, 6) is 1.18. The van der Waals surface area contributed by atoms with Crippen LogP contribution in [0.15, 0.2) is 27.8 Å². The van der Waals surface area contributed by atoms with Crippen LogP contribution in [0.4, 0.5) is 0 Å². The molecule has 2 aromatic heterocycles. The van der Waals surface area contributed by atoms with Crippen LogP contribution < -0.4 is 10.6 Å². The van der Waals surface area contributed by atoms with Crippen LogP contribution >= 0.6 is 24.0 Å². The standard InChI is InChI=1S/C19H31N5O2.HI/c1-6-15-14(16(7-2)24(5)23-15)12-21-18(20-8-3)22-13-19(4,25)17-10-9-11-26-17;/h9-11,25H,6-8,12-13H2,1-5H3,(H2,20,21,22);1H. The Morgan fingerprint density at radius 1 is 1.30 bits per heavy atom. The van der Waals surface area contributed by atoms with Crippen molar-refractivity contribution >= 4 is 29.9 Å². The maximum Gasteiger partial charge on any atom is 0.191 e. The van der Waals surface area contributed by atoms with Crippen LogP contribution in [0.1, 0.15) is 50.4 Å². The van der Waals surface area contributed by atoms with E-state index in [-0.39, 0.29) is 24.0 Å². The number of guanidine groups is 1. The van der Waals surface area contributed by atoms with Crippen molar-refractivity contribution in [2.45, 2.75) is 52.7 Å². The zero-order chi connectivity index (χ0) is 19.2. The van der Waals surface area contributed by atoms with Crippen LogP contribution in [0, 0.1) is 0 Å². The molecule has 8 heteroatoms. The molecule has 0 saturated carbocycles. The number of nitrogens with one attached hydrogen (secondary N) is 2. The Bertz CT molecular complexity index is 723. The summed E-state index contributed by atoms with van der Waals surface area (Å²) in [6.45, 7) is 9.56. The zero-order valence-electron chi connectivity index (χ0n) is 16.9. The molecule has 0 spiro atoms. The lowest BCUT2D eigenvalue weighted by Gasteiger charge is -2.22. The molecule has 0 bridgehead atoms. The van der Waals surface area contributed by atoms with Crippen molar-refractivity contribution < 1.29 is 9.52 Å². The monoisotopic (exact) mass is 489 g/mol. The topological polar surface area (TPSA) is 87.6 Å². The largest absolute Gasteiger partial charge is 0.466 e. The average molecular weight is 489 g/mol. The van der Waals surface area contributed by atoms with E-state index in [1.165, 1.54) is 11.3 Å². The van der Waals surface area contributed by atoms with Crippen molar-refractivity contribution in [1.29, 1.82) is 0 Å². The first-order valence-electron chi connectivity index (χ1n) is 9.25. The van der Waals surface area contributed by atoms with Gasteiger partial charge in [-0.15, -0.1) is 24.0 Å². The minimum atomic E-state index is -1.11. The minimum absolute atomic E-state index is 0. The van der Waals surface area contributed by atoms with Gasteiger partial charge in [0.05, 0.1) is 25.0 Å². The predicted octanol–water partition coefficient (Wildman–Crippen LogP) is 2.72. The van der Waals surface area contributed by atoms with Crippen LogP contribution in [0.25, 0.3) is 0 Å². The highest BCUT2D eigenvalue weighted by atomic mass is 127. The molecular weight excluding hydrogens is 457 g/mol. The minimum Gasteiger partial charge on any atom is -0.466 e. The lowest BCUT2D eigenvalue weighted by atomic mass is 10.0.